The van der Waals surface area contributed by atoms with Crippen molar-refractivity contribution in [3.8, 4) is 5.75 Å². The highest BCUT2D eigenvalue weighted by Gasteiger charge is 2.53. The third kappa shape index (κ3) is 12.7. The Morgan fingerprint density at radius 2 is 1.56 bits per heavy atom. The molecule has 3 aliphatic heterocycles. The maximum atomic E-state index is 14.5. The van der Waals surface area contributed by atoms with Crippen LogP contribution in [0.1, 0.15) is 100 Å². The van der Waals surface area contributed by atoms with E-state index in [-0.39, 0.29) is 43.7 Å². The number of ether oxygens (including phenoxy) is 8. The maximum Gasteiger partial charge on any atom is 0.311 e. The lowest BCUT2D eigenvalue weighted by molar-refractivity contribution is -0.319. The first-order valence-electron chi connectivity index (χ1n) is 22.7. The van der Waals surface area contributed by atoms with Gasteiger partial charge in [-0.3, -0.25) is 9.59 Å². The van der Waals surface area contributed by atoms with Crippen LogP contribution in [0.4, 0.5) is 0 Å². The van der Waals surface area contributed by atoms with E-state index < -0.39 is 102 Å². The molecular formula is C47H80N2O14. The van der Waals surface area contributed by atoms with Gasteiger partial charge in [-0.05, 0) is 112 Å². The molecule has 0 aliphatic carbocycles. The minimum Gasteiger partial charge on any atom is -0.497 e. The second kappa shape index (κ2) is 21.9. The van der Waals surface area contributed by atoms with Gasteiger partial charge in [0.05, 0.1) is 61.1 Å². The van der Waals surface area contributed by atoms with Gasteiger partial charge in [-0.25, -0.2) is 0 Å². The second-order valence-corrected chi connectivity index (χ2v) is 19.7. The smallest absolute Gasteiger partial charge is 0.311 e. The van der Waals surface area contributed by atoms with Gasteiger partial charge in [-0.1, -0.05) is 32.9 Å². The van der Waals surface area contributed by atoms with Gasteiger partial charge >= 0.3 is 11.9 Å². The van der Waals surface area contributed by atoms with Crippen LogP contribution in [0.15, 0.2) is 24.3 Å². The van der Waals surface area contributed by atoms with Gasteiger partial charge in [0.25, 0.3) is 0 Å². The van der Waals surface area contributed by atoms with Gasteiger partial charge in [0.2, 0.25) is 0 Å². The first kappa shape index (κ1) is 53.1. The van der Waals surface area contributed by atoms with Gasteiger partial charge in [0.15, 0.2) is 18.7 Å². The summed E-state index contributed by atoms with van der Waals surface area (Å²) in [5.74, 6) is -2.64. The van der Waals surface area contributed by atoms with Crippen molar-refractivity contribution in [3.05, 3.63) is 29.8 Å². The molecule has 3 fully saturated rings. The van der Waals surface area contributed by atoms with Crippen LogP contribution in [0.2, 0.25) is 0 Å². The van der Waals surface area contributed by atoms with Gasteiger partial charge in [-0.15, -0.1) is 0 Å². The number of benzene rings is 1. The van der Waals surface area contributed by atoms with Crippen LogP contribution in [0.5, 0.6) is 5.75 Å². The highest BCUT2D eigenvalue weighted by atomic mass is 16.7. The number of carbonyl (C=O) groups excluding carboxylic acids is 2. The average Bonchev–Trinajstić information content (AvgIpc) is 3.21. The van der Waals surface area contributed by atoms with Crippen molar-refractivity contribution in [2.24, 2.45) is 17.8 Å². The molecule has 1 aromatic carbocycles. The summed E-state index contributed by atoms with van der Waals surface area (Å²) in [6.07, 6.45) is -8.77. The van der Waals surface area contributed by atoms with Crippen LogP contribution in [0.25, 0.3) is 0 Å². The number of carbonyl (C=O) groups is 2. The SMILES string of the molecule is CC[C@H]1OC(=O)[C@H](C)[C@@H](O[C@H]2C[C@@](C)(OC)[C@@H](O)[C@H](C)O2)[C@H](C)[C@@H](OC2OC(C)CC(N(C)C)C2OC(=O)Cc2ccc(OC)cc2)[C@](C)(O)C[C@@H](C)CN(C)[C@H](C)[C@@H](O)[C@]1(C)O. The van der Waals surface area contributed by atoms with Crippen molar-refractivity contribution in [2.45, 2.75) is 192 Å². The zero-order valence-electron chi connectivity index (χ0n) is 40.5. The molecule has 4 rings (SSSR count). The van der Waals surface area contributed by atoms with Crippen molar-refractivity contribution in [3.63, 3.8) is 0 Å². The summed E-state index contributed by atoms with van der Waals surface area (Å²) in [6.45, 7) is 18.0. The summed E-state index contributed by atoms with van der Waals surface area (Å²) in [7, 11) is 8.71. The molecule has 0 spiro atoms. The van der Waals surface area contributed by atoms with Gasteiger partial charge in [0.1, 0.15) is 29.7 Å². The molecule has 0 saturated carbocycles. The summed E-state index contributed by atoms with van der Waals surface area (Å²) in [6, 6.07) is 6.25. The third-order valence-electron chi connectivity index (χ3n) is 14.0. The fourth-order valence-corrected chi connectivity index (χ4v) is 9.95. The number of hydrogen-bond acceptors (Lipinski definition) is 16. The zero-order chi connectivity index (χ0) is 47.4. The van der Waals surface area contributed by atoms with E-state index in [1.807, 2.05) is 51.7 Å². The van der Waals surface area contributed by atoms with Crippen molar-refractivity contribution < 1.29 is 67.9 Å². The minimum absolute atomic E-state index is 0.0191. The van der Waals surface area contributed by atoms with E-state index in [4.69, 9.17) is 37.9 Å². The van der Waals surface area contributed by atoms with Crippen LogP contribution < -0.4 is 4.74 Å². The minimum atomic E-state index is -1.84. The zero-order valence-corrected chi connectivity index (χ0v) is 40.5. The molecule has 1 aromatic rings. The van der Waals surface area contributed by atoms with E-state index in [1.54, 1.807) is 72.9 Å². The number of nitrogens with zero attached hydrogens (tertiary/aromatic N) is 2. The Bertz CT molecular complexity index is 1610. The van der Waals surface area contributed by atoms with Crippen molar-refractivity contribution in [1.82, 2.24) is 9.80 Å². The van der Waals surface area contributed by atoms with Crippen LogP contribution in [0.3, 0.4) is 0 Å². The number of hydrogen-bond donors (Lipinski definition) is 4. The molecular weight excluding hydrogens is 817 g/mol. The molecule has 63 heavy (non-hydrogen) atoms. The quantitative estimate of drug-likeness (QED) is 0.235. The number of aliphatic hydroxyl groups is 4. The van der Waals surface area contributed by atoms with Crippen molar-refractivity contribution in [1.29, 1.82) is 0 Å². The first-order valence-corrected chi connectivity index (χ1v) is 22.7. The number of aliphatic hydroxyl groups excluding tert-OH is 2. The van der Waals surface area contributed by atoms with Crippen LogP contribution >= 0.6 is 0 Å². The second-order valence-electron chi connectivity index (χ2n) is 19.7. The number of cyclic esters (lactones) is 1. The monoisotopic (exact) mass is 897 g/mol. The van der Waals surface area contributed by atoms with Crippen molar-refractivity contribution in [2.75, 3.05) is 41.9 Å². The lowest BCUT2D eigenvalue weighted by Crippen LogP contribution is -2.61. The Hall–Kier alpha value is -2.48. The summed E-state index contributed by atoms with van der Waals surface area (Å²) in [5.41, 5.74) is -3.81. The lowest BCUT2D eigenvalue weighted by Gasteiger charge is -2.49. The number of rotatable bonds is 11. The molecule has 16 heteroatoms. The van der Waals surface area contributed by atoms with Crippen LogP contribution in [0, 0.1) is 17.8 Å². The molecule has 3 heterocycles. The van der Waals surface area contributed by atoms with E-state index in [0.717, 1.165) is 5.56 Å². The predicted molar refractivity (Wildman–Crippen MR) is 235 cm³/mol. The van der Waals surface area contributed by atoms with Gasteiger partial charge in [0, 0.05) is 32.0 Å². The molecule has 4 N–H and O–H groups in total. The van der Waals surface area contributed by atoms with E-state index in [1.165, 1.54) is 14.0 Å². The predicted octanol–water partition coefficient (Wildman–Crippen LogP) is 3.70. The molecule has 0 radical (unpaired) electrons. The highest BCUT2D eigenvalue weighted by Crippen LogP contribution is 2.40. The van der Waals surface area contributed by atoms with Gasteiger partial charge in [-0.2, -0.15) is 0 Å². The maximum absolute atomic E-state index is 14.5. The topological polar surface area (TPSA) is 195 Å². The fourth-order valence-electron chi connectivity index (χ4n) is 9.95. The standard InChI is InChI=1S/C47H80N2O14/c1-16-35-47(10,55)40(51)30(6)49(13)25-26(2)23-45(8,54)42(28(4)38(29(5)43(53)60-35)62-37-24-46(9,57-15)41(52)31(7)59-37)63-44-39(34(48(11)12)21-27(3)58-44)61-36(50)22-32-17-19-33(56-14)20-18-32/h17-20,26-31,34-35,37-42,44,51-52,54-55H,16,21-25H2,1-15H3/t26-,27?,28+,29-,30-,31+,34?,35-,37+,38+,39?,40-,41+,42-,44?,45-,46-,47-/m1/s1. The molecule has 18 atom stereocenters. The molecule has 16 nitrogen and oxygen atoms in total. The Morgan fingerprint density at radius 3 is 2.13 bits per heavy atom. The summed E-state index contributed by atoms with van der Waals surface area (Å²) in [5, 5.41) is 47.4. The molecule has 0 aromatic heterocycles. The number of methoxy groups -OCH3 is 2. The number of likely N-dealkylation sites (N-methyl/N-ethyl adjacent to an activating group) is 2. The van der Waals surface area contributed by atoms with Crippen molar-refractivity contribution >= 4 is 11.9 Å². The Balaban J connectivity index is 1.84. The molecule has 362 valence electrons. The van der Waals surface area contributed by atoms with Crippen LogP contribution in [-0.2, 0) is 49.2 Å². The molecule has 3 saturated heterocycles. The molecule has 0 bridgehead atoms. The normalized spacial score (nSPS) is 42.8. The van der Waals surface area contributed by atoms with E-state index in [2.05, 4.69) is 0 Å². The van der Waals surface area contributed by atoms with E-state index in [9.17, 15) is 30.0 Å². The van der Waals surface area contributed by atoms with Gasteiger partial charge < -0.3 is 68.1 Å². The molecule has 0 amide bonds. The number of esters is 2. The lowest BCUT2D eigenvalue weighted by atomic mass is 9.77. The third-order valence-corrected chi connectivity index (χ3v) is 14.0. The van der Waals surface area contributed by atoms with E-state index in [0.29, 0.717) is 18.7 Å². The Morgan fingerprint density at radius 1 is 0.921 bits per heavy atom. The fraction of sp³-hybridized carbons (Fsp3) is 0.830. The Kier molecular flexibility index (Phi) is 18.5. The average molecular weight is 897 g/mol. The van der Waals surface area contributed by atoms with Crippen LogP contribution in [-0.4, -0.2) is 174 Å². The molecule has 3 aliphatic rings. The summed E-state index contributed by atoms with van der Waals surface area (Å²) in [4.78, 5) is 32.1. The summed E-state index contributed by atoms with van der Waals surface area (Å²) >= 11 is 0. The summed E-state index contributed by atoms with van der Waals surface area (Å²) < 4.78 is 50.1. The largest absolute Gasteiger partial charge is 0.497 e. The Labute approximate surface area is 375 Å². The first-order chi connectivity index (χ1) is 29.3. The van der Waals surface area contributed by atoms with E-state index >= 15 is 0 Å². The highest BCUT2D eigenvalue weighted by molar-refractivity contribution is 5.73. The molecule has 4 unspecified atom stereocenters.